The summed E-state index contributed by atoms with van der Waals surface area (Å²) in [6, 6.07) is 0. The Bertz CT molecular complexity index is 1270. The van der Waals surface area contributed by atoms with E-state index in [4.69, 9.17) is 18.9 Å². The second-order valence-electron chi connectivity index (χ2n) is 12.9. The van der Waals surface area contributed by atoms with Crippen LogP contribution in [-0.4, -0.2) is 96.0 Å². The van der Waals surface area contributed by atoms with Gasteiger partial charge in [0.05, 0.1) is 6.61 Å². The first-order chi connectivity index (χ1) is 25.5. The number of allylic oxidation sites excluding steroid dienone is 12. The molecule has 1 rings (SSSR count). The minimum atomic E-state index is -4.61. The van der Waals surface area contributed by atoms with Gasteiger partial charge in [0, 0.05) is 12.8 Å². The number of unbranched alkanes of at least 4 members (excludes halogenated alkanes) is 7. The molecule has 1 aliphatic rings. The lowest BCUT2D eigenvalue weighted by Gasteiger charge is -2.40. The van der Waals surface area contributed by atoms with Crippen LogP contribution >= 0.6 is 0 Å². The molecule has 12 nitrogen and oxygen atoms in total. The largest absolute Gasteiger partial charge is 0.462 e. The topological polar surface area (TPSA) is 186 Å². The average molecular weight is 769 g/mol. The van der Waals surface area contributed by atoms with Crippen molar-refractivity contribution >= 4 is 22.1 Å². The van der Waals surface area contributed by atoms with Crippen molar-refractivity contribution in [3.8, 4) is 0 Å². The molecule has 0 aromatic heterocycles. The molecule has 0 aromatic rings. The number of esters is 2. The summed E-state index contributed by atoms with van der Waals surface area (Å²) in [7, 11) is -4.61. The summed E-state index contributed by atoms with van der Waals surface area (Å²) in [5, 5.41) is 30.7. The van der Waals surface area contributed by atoms with Gasteiger partial charge < -0.3 is 34.3 Å². The summed E-state index contributed by atoms with van der Waals surface area (Å²) in [6.07, 6.45) is 26.9. The SMILES string of the molecule is CC/C=C/C=C/C=C/CCCCCCCC(=O)OC(COC(=O)CCCC/C=C/C/C=C/C/C=C/CC)CO[C@H]1O[C@H](CS(=O)(=O)O)[C@@H](O)C(O)C1O. The molecule has 0 aliphatic carbocycles. The number of aliphatic hydroxyl groups excluding tert-OH is 3. The summed E-state index contributed by atoms with van der Waals surface area (Å²) in [6.45, 7) is 3.41. The van der Waals surface area contributed by atoms with Gasteiger partial charge in [-0.1, -0.05) is 106 Å². The number of carbonyl (C=O) groups is 2. The first kappa shape index (κ1) is 48.1. The van der Waals surface area contributed by atoms with Gasteiger partial charge in [0.1, 0.15) is 36.8 Å². The number of aliphatic hydroxyl groups is 3. The monoisotopic (exact) mass is 768 g/mol. The highest BCUT2D eigenvalue weighted by Gasteiger charge is 2.46. The highest BCUT2D eigenvalue weighted by molar-refractivity contribution is 7.85. The van der Waals surface area contributed by atoms with E-state index in [1.807, 2.05) is 24.3 Å². The van der Waals surface area contributed by atoms with Crippen LogP contribution in [0.4, 0.5) is 0 Å². The molecule has 0 bridgehead atoms. The first-order valence-corrected chi connectivity index (χ1v) is 20.6. The Morgan fingerprint density at radius 3 is 1.92 bits per heavy atom. The number of rotatable bonds is 29. The predicted molar refractivity (Wildman–Crippen MR) is 205 cm³/mol. The normalized spacial score (nSPS) is 22.0. The first-order valence-electron chi connectivity index (χ1n) is 19.0. The van der Waals surface area contributed by atoms with Gasteiger partial charge in [-0.2, -0.15) is 8.42 Å². The Balaban J connectivity index is 2.58. The van der Waals surface area contributed by atoms with Crippen molar-refractivity contribution in [3.05, 3.63) is 72.9 Å². The van der Waals surface area contributed by atoms with Gasteiger partial charge in [0.25, 0.3) is 10.1 Å². The Morgan fingerprint density at radius 2 is 1.23 bits per heavy atom. The summed E-state index contributed by atoms with van der Waals surface area (Å²) in [5.41, 5.74) is 0. The summed E-state index contributed by atoms with van der Waals surface area (Å²) in [4.78, 5) is 25.2. The van der Waals surface area contributed by atoms with E-state index in [-0.39, 0.29) is 19.4 Å². The van der Waals surface area contributed by atoms with E-state index in [1.54, 1.807) is 0 Å². The third kappa shape index (κ3) is 25.7. The molecule has 0 saturated carbocycles. The lowest BCUT2D eigenvalue weighted by Crippen LogP contribution is -2.60. The summed E-state index contributed by atoms with van der Waals surface area (Å²) >= 11 is 0. The molecule has 6 atom stereocenters. The maximum absolute atomic E-state index is 12.7. The number of hydrogen-bond acceptors (Lipinski definition) is 11. The highest BCUT2D eigenvalue weighted by Crippen LogP contribution is 2.23. The van der Waals surface area contributed by atoms with Gasteiger partial charge in [-0.25, -0.2) is 0 Å². The van der Waals surface area contributed by atoms with Gasteiger partial charge in [0.15, 0.2) is 12.4 Å². The van der Waals surface area contributed by atoms with Crippen LogP contribution in [0.15, 0.2) is 72.9 Å². The molecule has 1 saturated heterocycles. The van der Waals surface area contributed by atoms with Crippen LogP contribution in [0.2, 0.25) is 0 Å². The number of carbonyl (C=O) groups excluding carboxylic acids is 2. The predicted octanol–water partition coefficient (Wildman–Crippen LogP) is 6.38. The third-order valence-electron chi connectivity index (χ3n) is 8.09. The molecule has 302 valence electrons. The fourth-order valence-corrected chi connectivity index (χ4v) is 5.85. The van der Waals surface area contributed by atoms with Crippen LogP contribution in [0.25, 0.3) is 0 Å². The Hall–Kier alpha value is -2.91. The Labute approximate surface area is 317 Å². The van der Waals surface area contributed by atoms with Crippen LogP contribution in [-0.2, 0) is 38.7 Å². The molecule has 3 unspecified atom stereocenters. The van der Waals surface area contributed by atoms with Crippen molar-refractivity contribution < 1.29 is 56.8 Å². The van der Waals surface area contributed by atoms with Crippen LogP contribution in [0.3, 0.4) is 0 Å². The van der Waals surface area contributed by atoms with Crippen molar-refractivity contribution in [2.24, 2.45) is 0 Å². The van der Waals surface area contributed by atoms with Crippen molar-refractivity contribution in [1.29, 1.82) is 0 Å². The van der Waals surface area contributed by atoms with Gasteiger partial charge in [-0.3, -0.25) is 14.1 Å². The van der Waals surface area contributed by atoms with E-state index in [0.29, 0.717) is 12.8 Å². The average Bonchev–Trinajstić information content (AvgIpc) is 3.12. The molecular weight excluding hydrogens is 704 g/mol. The zero-order valence-corrected chi connectivity index (χ0v) is 32.4. The standard InChI is InChI=1S/C40H64O12S/c1-3-5-7-9-11-13-15-17-19-21-23-25-27-29-36(42)51-33(31-50-40-39(45)38(44)37(43)34(52-40)32-53(46,47)48)30-49-35(41)28-26-24-22-20-18-16-14-12-10-8-6-4-2/h5-9,11-15,18,20,33-34,37-40,43-45H,3-4,10,16-17,19,21-32H2,1-2H3,(H,46,47,48)/b7-5+,8-6+,11-9+,14-12+,15-13+,20-18+/t33?,34-,37-,38?,39?,40+/m1/s1. The van der Waals surface area contributed by atoms with Gasteiger partial charge >= 0.3 is 11.9 Å². The van der Waals surface area contributed by atoms with Crippen LogP contribution < -0.4 is 0 Å². The van der Waals surface area contributed by atoms with Crippen LogP contribution in [0.1, 0.15) is 110 Å². The van der Waals surface area contributed by atoms with E-state index in [2.05, 4.69) is 62.5 Å². The summed E-state index contributed by atoms with van der Waals surface area (Å²) < 4.78 is 53.7. The molecule has 1 fully saturated rings. The highest BCUT2D eigenvalue weighted by atomic mass is 32.2. The van der Waals surface area contributed by atoms with Crippen molar-refractivity contribution in [2.45, 2.75) is 147 Å². The zero-order valence-electron chi connectivity index (χ0n) is 31.6. The minimum absolute atomic E-state index is 0.129. The van der Waals surface area contributed by atoms with Crippen molar-refractivity contribution in [1.82, 2.24) is 0 Å². The maximum atomic E-state index is 12.7. The maximum Gasteiger partial charge on any atom is 0.306 e. The fourth-order valence-electron chi connectivity index (χ4n) is 5.16. The molecule has 4 N–H and O–H groups in total. The second kappa shape index (κ2) is 30.4. The zero-order chi connectivity index (χ0) is 39.2. The third-order valence-corrected chi connectivity index (χ3v) is 8.84. The van der Waals surface area contributed by atoms with Gasteiger partial charge in [0.2, 0.25) is 0 Å². The molecule has 0 spiro atoms. The lowest BCUT2D eigenvalue weighted by molar-refractivity contribution is -0.297. The molecule has 0 radical (unpaired) electrons. The summed E-state index contributed by atoms with van der Waals surface area (Å²) in [5.74, 6) is -2.08. The van der Waals surface area contributed by atoms with E-state index in [0.717, 1.165) is 70.6 Å². The lowest BCUT2D eigenvalue weighted by atomic mass is 10.00. The van der Waals surface area contributed by atoms with E-state index < -0.39 is 71.2 Å². The van der Waals surface area contributed by atoms with Crippen LogP contribution in [0.5, 0.6) is 0 Å². The van der Waals surface area contributed by atoms with Crippen molar-refractivity contribution in [3.63, 3.8) is 0 Å². The van der Waals surface area contributed by atoms with Crippen molar-refractivity contribution in [2.75, 3.05) is 19.0 Å². The smallest absolute Gasteiger partial charge is 0.306 e. The number of hydrogen-bond donors (Lipinski definition) is 4. The molecule has 1 heterocycles. The molecule has 0 amide bonds. The molecular formula is C40H64O12S. The number of ether oxygens (including phenoxy) is 4. The molecule has 0 aromatic carbocycles. The quantitative estimate of drug-likeness (QED) is 0.0217. The molecule has 1 aliphatic heterocycles. The van der Waals surface area contributed by atoms with Gasteiger partial charge in [-0.05, 0) is 64.2 Å². The second-order valence-corrected chi connectivity index (χ2v) is 14.4. The molecule has 53 heavy (non-hydrogen) atoms. The van der Waals surface area contributed by atoms with Crippen LogP contribution in [0, 0.1) is 0 Å². The minimum Gasteiger partial charge on any atom is -0.462 e. The van der Waals surface area contributed by atoms with E-state index >= 15 is 0 Å². The van der Waals surface area contributed by atoms with E-state index in [1.165, 1.54) is 0 Å². The van der Waals surface area contributed by atoms with E-state index in [9.17, 15) is 37.9 Å². The Kier molecular flexibility index (Phi) is 27.6. The Morgan fingerprint density at radius 1 is 0.660 bits per heavy atom. The molecule has 13 heteroatoms. The fraction of sp³-hybridized carbons (Fsp3) is 0.650. The van der Waals surface area contributed by atoms with Gasteiger partial charge in [-0.15, -0.1) is 0 Å².